The Morgan fingerprint density at radius 3 is 2.47 bits per heavy atom. The third kappa shape index (κ3) is 5.15. The minimum absolute atomic E-state index is 0.156. The molecule has 0 bridgehead atoms. The maximum atomic E-state index is 12.7. The SMILES string of the molecule is O=C(Nc1ccn(Cc2ccc(Cl)cc2Cl)n1)C1CCN(S(=O)(=O)c2ccccc2)CC1. The average Bonchev–Trinajstić information content (AvgIpc) is 3.23. The molecule has 168 valence electrons. The van der Waals surface area contributed by atoms with Crippen molar-refractivity contribution < 1.29 is 13.2 Å². The summed E-state index contributed by atoms with van der Waals surface area (Å²) in [5, 5.41) is 8.33. The summed E-state index contributed by atoms with van der Waals surface area (Å²) < 4.78 is 28.6. The maximum absolute atomic E-state index is 12.7. The molecule has 1 saturated heterocycles. The fourth-order valence-corrected chi connectivity index (χ4v) is 5.63. The Kier molecular flexibility index (Phi) is 6.85. The second kappa shape index (κ2) is 9.62. The zero-order valence-corrected chi connectivity index (χ0v) is 19.4. The number of anilines is 1. The lowest BCUT2D eigenvalue weighted by Gasteiger charge is -2.30. The lowest BCUT2D eigenvalue weighted by Crippen LogP contribution is -2.41. The van der Waals surface area contributed by atoms with Crippen molar-refractivity contribution in [2.24, 2.45) is 5.92 Å². The number of aromatic nitrogens is 2. The van der Waals surface area contributed by atoms with Crippen LogP contribution >= 0.6 is 23.2 Å². The van der Waals surface area contributed by atoms with E-state index in [2.05, 4.69) is 10.4 Å². The van der Waals surface area contributed by atoms with E-state index in [0.717, 1.165) is 5.56 Å². The standard InChI is InChI=1S/C22H22Cl2N4O3S/c23-18-7-6-17(20(24)14-18)15-27-11-10-21(26-27)25-22(29)16-8-12-28(13-9-16)32(30,31)19-4-2-1-3-5-19/h1-7,10-11,14,16H,8-9,12-13,15H2,(H,25,26,29). The topological polar surface area (TPSA) is 84.3 Å². The Labute approximate surface area is 197 Å². The molecule has 1 amide bonds. The van der Waals surface area contributed by atoms with E-state index in [1.165, 1.54) is 4.31 Å². The van der Waals surface area contributed by atoms with Crippen molar-refractivity contribution in [1.82, 2.24) is 14.1 Å². The predicted octanol–water partition coefficient (Wildman–Crippen LogP) is 4.28. The van der Waals surface area contributed by atoms with Crippen molar-refractivity contribution in [3.05, 3.63) is 76.4 Å². The fraction of sp³-hybridized carbons (Fsp3) is 0.273. The van der Waals surface area contributed by atoms with Gasteiger partial charge in [0.1, 0.15) is 0 Å². The van der Waals surface area contributed by atoms with Gasteiger partial charge in [-0.1, -0.05) is 47.5 Å². The average molecular weight is 493 g/mol. The van der Waals surface area contributed by atoms with Crippen LogP contribution in [0.1, 0.15) is 18.4 Å². The zero-order valence-electron chi connectivity index (χ0n) is 17.1. The number of nitrogens with one attached hydrogen (secondary N) is 1. The minimum Gasteiger partial charge on any atom is -0.309 e. The highest BCUT2D eigenvalue weighted by molar-refractivity contribution is 7.89. The van der Waals surface area contributed by atoms with Gasteiger partial charge in [-0.05, 0) is 42.7 Å². The highest BCUT2D eigenvalue weighted by Gasteiger charge is 2.32. The number of hydrogen-bond acceptors (Lipinski definition) is 4. The smallest absolute Gasteiger partial charge is 0.243 e. The fourth-order valence-electron chi connectivity index (χ4n) is 3.67. The Balaban J connectivity index is 1.33. The van der Waals surface area contributed by atoms with Crippen molar-refractivity contribution in [2.45, 2.75) is 24.3 Å². The summed E-state index contributed by atoms with van der Waals surface area (Å²) in [5.41, 5.74) is 0.865. The number of hydrogen-bond donors (Lipinski definition) is 1. The van der Waals surface area contributed by atoms with Crippen LogP contribution in [0, 0.1) is 5.92 Å². The lowest BCUT2D eigenvalue weighted by molar-refractivity contribution is -0.120. The molecule has 1 N–H and O–H groups in total. The van der Waals surface area contributed by atoms with Gasteiger partial charge in [-0.15, -0.1) is 0 Å². The molecule has 1 aliphatic rings. The van der Waals surface area contributed by atoms with Gasteiger partial charge in [-0.2, -0.15) is 9.40 Å². The molecule has 0 atom stereocenters. The first kappa shape index (κ1) is 22.8. The van der Waals surface area contributed by atoms with Crippen LogP contribution in [0.3, 0.4) is 0 Å². The van der Waals surface area contributed by atoms with E-state index in [9.17, 15) is 13.2 Å². The summed E-state index contributed by atoms with van der Waals surface area (Å²) in [6.45, 7) is 1.05. The van der Waals surface area contributed by atoms with Crippen LogP contribution in [0.25, 0.3) is 0 Å². The van der Waals surface area contributed by atoms with Crippen LogP contribution in [0.2, 0.25) is 10.0 Å². The molecule has 0 aliphatic carbocycles. The quantitative estimate of drug-likeness (QED) is 0.556. The summed E-state index contributed by atoms with van der Waals surface area (Å²) in [5.74, 6) is 0.0176. The van der Waals surface area contributed by atoms with Crippen LogP contribution in [0.15, 0.2) is 65.7 Å². The molecule has 4 rings (SSSR count). The van der Waals surface area contributed by atoms with E-state index in [1.54, 1.807) is 59.4 Å². The molecule has 1 aromatic heterocycles. The van der Waals surface area contributed by atoms with E-state index in [1.807, 2.05) is 6.07 Å². The number of halogens is 2. The third-order valence-electron chi connectivity index (χ3n) is 5.45. The second-order valence-electron chi connectivity index (χ2n) is 7.61. The molecule has 1 aliphatic heterocycles. The zero-order chi connectivity index (χ0) is 22.7. The monoisotopic (exact) mass is 492 g/mol. The van der Waals surface area contributed by atoms with Gasteiger partial charge in [-0.25, -0.2) is 8.42 Å². The molecule has 0 radical (unpaired) electrons. The van der Waals surface area contributed by atoms with E-state index in [-0.39, 0.29) is 16.7 Å². The van der Waals surface area contributed by atoms with Gasteiger partial charge >= 0.3 is 0 Å². The number of sulfonamides is 1. The van der Waals surface area contributed by atoms with Crippen LogP contribution in [-0.2, 0) is 21.4 Å². The number of rotatable bonds is 6. The third-order valence-corrected chi connectivity index (χ3v) is 7.94. The molecule has 32 heavy (non-hydrogen) atoms. The van der Waals surface area contributed by atoms with Crippen LogP contribution in [0.4, 0.5) is 5.82 Å². The van der Waals surface area contributed by atoms with E-state index in [0.29, 0.717) is 48.3 Å². The molecule has 3 aromatic rings. The first-order chi connectivity index (χ1) is 15.3. The highest BCUT2D eigenvalue weighted by atomic mass is 35.5. The first-order valence-corrected chi connectivity index (χ1v) is 12.4. The van der Waals surface area contributed by atoms with Gasteiger partial charge in [0.2, 0.25) is 15.9 Å². The number of carbonyl (C=O) groups is 1. The van der Waals surface area contributed by atoms with Crippen molar-refractivity contribution in [3.8, 4) is 0 Å². The highest BCUT2D eigenvalue weighted by Crippen LogP contribution is 2.25. The van der Waals surface area contributed by atoms with E-state index < -0.39 is 10.0 Å². The Morgan fingerprint density at radius 1 is 1.06 bits per heavy atom. The predicted molar refractivity (Wildman–Crippen MR) is 124 cm³/mol. The minimum atomic E-state index is -3.54. The molecule has 0 unspecified atom stereocenters. The molecular formula is C22H22Cl2N4O3S. The molecule has 7 nitrogen and oxygen atoms in total. The molecule has 10 heteroatoms. The van der Waals surface area contributed by atoms with Crippen LogP contribution in [0.5, 0.6) is 0 Å². The number of amides is 1. The summed E-state index contributed by atoms with van der Waals surface area (Å²) in [6.07, 6.45) is 2.67. The number of carbonyl (C=O) groups excluding carboxylic acids is 1. The largest absolute Gasteiger partial charge is 0.309 e. The van der Waals surface area contributed by atoms with Crippen molar-refractivity contribution >= 4 is 45.0 Å². The van der Waals surface area contributed by atoms with Gasteiger partial charge in [0, 0.05) is 41.3 Å². The number of benzene rings is 2. The molecular weight excluding hydrogens is 471 g/mol. The molecule has 1 fully saturated rings. The molecule has 2 heterocycles. The van der Waals surface area contributed by atoms with Gasteiger partial charge in [-0.3, -0.25) is 9.48 Å². The van der Waals surface area contributed by atoms with E-state index >= 15 is 0 Å². The normalized spacial score (nSPS) is 15.6. The maximum Gasteiger partial charge on any atom is 0.243 e. The Bertz CT molecular complexity index is 1210. The summed E-state index contributed by atoms with van der Waals surface area (Å²) in [4.78, 5) is 13.0. The van der Waals surface area contributed by atoms with Gasteiger partial charge in [0.15, 0.2) is 5.82 Å². The van der Waals surface area contributed by atoms with Crippen molar-refractivity contribution in [3.63, 3.8) is 0 Å². The number of nitrogens with zero attached hydrogens (tertiary/aromatic N) is 3. The lowest BCUT2D eigenvalue weighted by atomic mass is 9.97. The molecule has 0 saturated carbocycles. The van der Waals surface area contributed by atoms with Crippen molar-refractivity contribution in [2.75, 3.05) is 18.4 Å². The second-order valence-corrected chi connectivity index (χ2v) is 10.4. The Hall–Kier alpha value is -2.39. The van der Waals surface area contributed by atoms with Gasteiger partial charge in [0.05, 0.1) is 11.4 Å². The van der Waals surface area contributed by atoms with E-state index in [4.69, 9.17) is 23.2 Å². The van der Waals surface area contributed by atoms with Crippen LogP contribution < -0.4 is 5.32 Å². The van der Waals surface area contributed by atoms with Crippen LogP contribution in [-0.4, -0.2) is 41.5 Å². The first-order valence-electron chi connectivity index (χ1n) is 10.2. The summed E-state index contributed by atoms with van der Waals surface area (Å²) in [6, 6.07) is 15.3. The Morgan fingerprint density at radius 2 is 1.78 bits per heavy atom. The van der Waals surface area contributed by atoms with Crippen molar-refractivity contribution in [1.29, 1.82) is 0 Å². The summed E-state index contributed by atoms with van der Waals surface area (Å²) in [7, 11) is -3.54. The number of piperidine rings is 1. The molecule has 2 aromatic carbocycles. The molecule has 0 spiro atoms. The summed E-state index contributed by atoms with van der Waals surface area (Å²) >= 11 is 12.1. The van der Waals surface area contributed by atoms with Gasteiger partial charge in [0.25, 0.3) is 0 Å². The van der Waals surface area contributed by atoms with Gasteiger partial charge < -0.3 is 5.32 Å².